The maximum atomic E-state index is 5.63. The summed E-state index contributed by atoms with van der Waals surface area (Å²) in [6, 6.07) is 8.68. The average Bonchev–Trinajstić information content (AvgIpc) is 3.01. The third kappa shape index (κ3) is 4.99. The Morgan fingerprint density at radius 2 is 2.24 bits per heavy atom. The number of nitrogens with one attached hydrogen (secondary N) is 1. The molecule has 0 saturated carbocycles. The lowest BCUT2D eigenvalue weighted by molar-refractivity contribution is 0.108. The molecule has 2 rings (SSSR count). The molecule has 1 aromatic rings. The molecule has 1 saturated heterocycles. The molecule has 1 aliphatic heterocycles. The van der Waals surface area contributed by atoms with Crippen molar-refractivity contribution in [2.75, 3.05) is 33.9 Å². The van der Waals surface area contributed by atoms with Crippen LogP contribution in [0.1, 0.15) is 25.3 Å². The standard InChI is InChI=1S/C17H28N2O2/c1-14(11-18-12-16-8-6-10-21-16)19(2)13-15-7-4-5-9-17(15)20-3/h4-5,7,9,14,16,18H,6,8,10-13H2,1-3H3. The quantitative estimate of drug-likeness (QED) is 0.797. The van der Waals surface area contributed by atoms with E-state index in [4.69, 9.17) is 9.47 Å². The normalized spacial score (nSPS) is 19.9. The number of likely N-dealkylation sites (N-methyl/N-ethyl adjacent to an activating group) is 1. The van der Waals surface area contributed by atoms with Crippen LogP contribution in [0.3, 0.4) is 0 Å². The molecule has 0 spiro atoms. The van der Waals surface area contributed by atoms with Gasteiger partial charge in [0.25, 0.3) is 0 Å². The van der Waals surface area contributed by atoms with Crippen LogP contribution in [-0.2, 0) is 11.3 Å². The summed E-state index contributed by atoms with van der Waals surface area (Å²) in [5.74, 6) is 0.962. The fourth-order valence-corrected chi connectivity index (χ4v) is 2.67. The zero-order valence-corrected chi connectivity index (χ0v) is 13.5. The predicted molar refractivity (Wildman–Crippen MR) is 85.8 cm³/mol. The van der Waals surface area contributed by atoms with Gasteiger partial charge in [-0.3, -0.25) is 4.90 Å². The van der Waals surface area contributed by atoms with Crippen LogP contribution >= 0.6 is 0 Å². The van der Waals surface area contributed by atoms with Gasteiger partial charge in [0.15, 0.2) is 0 Å². The monoisotopic (exact) mass is 292 g/mol. The van der Waals surface area contributed by atoms with E-state index in [0.29, 0.717) is 12.1 Å². The van der Waals surface area contributed by atoms with E-state index >= 15 is 0 Å². The van der Waals surface area contributed by atoms with Crippen LogP contribution in [0.5, 0.6) is 5.75 Å². The largest absolute Gasteiger partial charge is 0.496 e. The van der Waals surface area contributed by atoms with E-state index in [-0.39, 0.29) is 0 Å². The first-order valence-corrected chi connectivity index (χ1v) is 7.85. The van der Waals surface area contributed by atoms with Gasteiger partial charge in [0.2, 0.25) is 0 Å². The minimum Gasteiger partial charge on any atom is -0.496 e. The van der Waals surface area contributed by atoms with Gasteiger partial charge >= 0.3 is 0 Å². The number of rotatable bonds is 8. The second kappa shape index (κ2) is 8.37. The van der Waals surface area contributed by atoms with E-state index in [1.165, 1.54) is 18.4 Å². The molecular formula is C17H28N2O2. The van der Waals surface area contributed by atoms with E-state index in [9.17, 15) is 0 Å². The molecule has 2 unspecified atom stereocenters. The Balaban J connectivity index is 1.74. The molecule has 1 N–H and O–H groups in total. The highest BCUT2D eigenvalue weighted by Crippen LogP contribution is 2.19. The van der Waals surface area contributed by atoms with Crippen LogP contribution in [0.15, 0.2) is 24.3 Å². The van der Waals surface area contributed by atoms with Crippen LogP contribution in [-0.4, -0.2) is 50.9 Å². The predicted octanol–water partition coefficient (Wildman–Crippen LogP) is 2.28. The van der Waals surface area contributed by atoms with Gasteiger partial charge in [-0.2, -0.15) is 0 Å². The summed E-state index contributed by atoms with van der Waals surface area (Å²) < 4.78 is 11.0. The molecule has 1 aliphatic rings. The number of ether oxygens (including phenoxy) is 2. The lowest BCUT2D eigenvalue weighted by Crippen LogP contribution is -2.39. The molecule has 0 aliphatic carbocycles. The second-order valence-corrected chi connectivity index (χ2v) is 5.87. The molecule has 0 radical (unpaired) electrons. The molecule has 2 atom stereocenters. The van der Waals surface area contributed by atoms with Gasteiger partial charge in [-0.1, -0.05) is 18.2 Å². The maximum absolute atomic E-state index is 5.63. The summed E-state index contributed by atoms with van der Waals surface area (Å²) in [7, 11) is 3.89. The minimum atomic E-state index is 0.414. The highest BCUT2D eigenvalue weighted by molar-refractivity contribution is 5.33. The van der Waals surface area contributed by atoms with Crippen LogP contribution in [0, 0.1) is 0 Å². The molecular weight excluding hydrogens is 264 g/mol. The molecule has 0 amide bonds. The van der Waals surface area contributed by atoms with E-state index in [2.05, 4.69) is 36.3 Å². The Kier molecular flexibility index (Phi) is 6.49. The lowest BCUT2D eigenvalue weighted by Gasteiger charge is -2.26. The summed E-state index contributed by atoms with van der Waals surface area (Å²) in [5, 5.41) is 3.52. The van der Waals surface area contributed by atoms with Crippen molar-refractivity contribution in [1.82, 2.24) is 10.2 Å². The van der Waals surface area contributed by atoms with Gasteiger partial charge in [-0.15, -0.1) is 0 Å². The van der Waals surface area contributed by atoms with E-state index in [0.717, 1.165) is 32.0 Å². The Bertz CT molecular complexity index is 419. The maximum Gasteiger partial charge on any atom is 0.123 e. The molecule has 118 valence electrons. The molecule has 21 heavy (non-hydrogen) atoms. The number of hydrogen-bond donors (Lipinski definition) is 1. The lowest BCUT2D eigenvalue weighted by atomic mass is 10.1. The zero-order chi connectivity index (χ0) is 15.1. The Hall–Kier alpha value is -1.10. The van der Waals surface area contributed by atoms with Crippen molar-refractivity contribution >= 4 is 0 Å². The molecule has 4 heteroatoms. The molecule has 1 aromatic carbocycles. The topological polar surface area (TPSA) is 33.7 Å². The first-order valence-electron chi connectivity index (χ1n) is 7.85. The van der Waals surface area contributed by atoms with Crippen LogP contribution in [0.25, 0.3) is 0 Å². The number of hydrogen-bond acceptors (Lipinski definition) is 4. The number of nitrogens with zero attached hydrogens (tertiary/aromatic N) is 1. The van der Waals surface area contributed by atoms with Gasteiger partial charge in [-0.25, -0.2) is 0 Å². The highest BCUT2D eigenvalue weighted by atomic mass is 16.5. The van der Waals surface area contributed by atoms with Gasteiger partial charge in [0.05, 0.1) is 13.2 Å². The van der Waals surface area contributed by atoms with Crippen LogP contribution in [0.4, 0.5) is 0 Å². The molecule has 4 nitrogen and oxygen atoms in total. The Morgan fingerprint density at radius 3 is 2.95 bits per heavy atom. The van der Waals surface area contributed by atoms with Gasteiger partial charge in [-0.05, 0) is 32.9 Å². The van der Waals surface area contributed by atoms with Crippen molar-refractivity contribution in [2.24, 2.45) is 0 Å². The fraction of sp³-hybridized carbons (Fsp3) is 0.647. The fourth-order valence-electron chi connectivity index (χ4n) is 2.67. The van der Waals surface area contributed by atoms with Crippen molar-refractivity contribution in [3.63, 3.8) is 0 Å². The van der Waals surface area contributed by atoms with Crippen molar-refractivity contribution in [3.05, 3.63) is 29.8 Å². The van der Waals surface area contributed by atoms with Crippen molar-refractivity contribution in [1.29, 1.82) is 0 Å². The van der Waals surface area contributed by atoms with Gasteiger partial charge < -0.3 is 14.8 Å². The molecule has 1 fully saturated rings. The smallest absolute Gasteiger partial charge is 0.123 e. The van der Waals surface area contributed by atoms with Crippen molar-refractivity contribution in [2.45, 2.75) is 38.5 Å². The van der Waals surface area contributed by atoms with Crippen molar-refractivity contribution < 1.29 is 9.47 Å². The van der Waals surface area contributed by atoms with Crippen LogP contribution in [0.2, 0.25) is 0 Å². The zero-order valence-electron chi connectivity index (χ0n) is 13.5. The minimum absolute atomic E-state index is 0.414. The van der Waals surface area contributed by atoms with E-state index in [1.807, 2.05) is 12.1 Å². The number of para-hydroxylation sites is 1. The van der Waals surface area contributed by atoms with E-state index < -0.39 is 0 Å². The Labute approximate surface area is 128 Å². The van der Waals surface area contributed by atoms with Gasteiger partial charge in [0, 0.05) is 37.8 Å². The molecule has 0 aromatic heterocycles. The Morgan fingerprint density at radius 1 is 1.43 bits per heavy atom. The number of methoxy groups -OCH3 is 1. The summed E-state index contributed by atoms with van der Waals surface area (Å²) in [4.78, 5) is 2.35. The molecule has 0 bridgehead atoms. The summed E-state index contributed by atoms with van der Waals surface area (Å²) in [6.45, 7) is 6.01. The second-order valence-electron chi connectivity index (χ2n) is 5.87. The van der Waals surface area contributed by atoms with E-state index in [1.54, 1.807) is 7.11 Å². The molecule has 1 heterocycles. The first-order chi connectivity index (χ1) is 10.2. The highest BCUT2D eigenvalue weighted by Gasteiger charge is 2.16. The third-order valence-corrected chi connectivity index (χ3v) is 4.20. The number of benzene rings is 1. The van der Waals surface area contributed by atoms with Crippen LogP contribution < -0.4 is 10.1 Å². The SMILES string of the molecule is COc1ccccc1CN(C)C(C)CNCC1CCCO1. The third-order valence-electron chi connectivity index (χ3n) is 4.20. The first kappa shape index (κ1) is 16.3. The average molecular weight is 292 g/mol. The summed E-state index contributed by atoms with van der Waals surface area (Å²) in [6.07, 6.45) is 2.81. The van der Waals surface area contributed by atoms with Crippen molar-refractivity contribution in [3.8, 4) is 5.75 Å². The summed E-state index contributed by atoms with van der Waals surface area (Å²) in [5.41, 5.74) is 1.23. The van der Waals surface area contributed by atoms with Gasteiger partial charge in [0.1, 0.15) is 5.75 Å². The summed E-state index contributed by atoms with van der Waals surface area (Å²) >= 11 is 0.